The molecule has 2 heterocycles. The lowest BCUT2D eigenvalue weighted by atomic mass is 10.3. The molecule has 0 fully saturated rings. The van der Waals surface area contributed by atoms with Crippen LogP contribution in [0.4, 0.5) is 0 Å². The molecule has 0 radical (unpaired) electrons. The van der Waals surface area contributed by atoms with E-state index in [2.05, 4.69) is 10.3 Å². The zero-order valence-corrected chi connectivity index (χ0v) is 8.95. The summed E-state index contributed by atoms with van der Waals surface area (Å²) in [5.41, 5.74) is 0. The fourth-order valence-corrected chi connectivity index (χ4v) is 1.83. The summed E-state index contributed by atoms with van der Waals surface area (Å²) in [4.78, 5) is 15.7. The Kier molecular flexibility index (Phi) is 2.82. The van der Waals surface area contributed by atoms with E-state index in [4.69, 9.17) is 4.42 Å². The standard InChI is InChI=1S/C10H10N2O2S/c1-7(10-11-4-6-15-10)12-9(13)8-3-2-5-14-8/h2-7H,1H3,(H,12,13). The molecule has 0 bridgehead atoms. The Labute approximate surface area is 90.9 Å². The highest BCUT2D eigenvalue weighted by Crippen LogP contribution is 2.15. The lowest BCUT2D eigenvalue weighted by Crippen LogP contribution is -2.26. The molecule has 0 spiro atoms. The fourth-order valence-electron chi connectivity index (χ4n) is 1.19. The van der Waals surface area contributed by atoms with Gasteiger partial charge in [0.25, 0.3) is 5.91 Å². The van der Waals surface area contributed by atoms with Crippen LogP contribution in [-0.2, 0) is 0 Å². The van der Waals surface area contributed by atoms with E-state index in [1.807, 2.05) is 12.3 Å². The molecule has 1 atom stereocenters. The van der Waals surface area contributed by atoms with Gasteiger partial charge in [-0.2, -0.15) is 0 Å². The number of furan rings is 1. The van der Waals surface area contributed by atoms with Gasteiger partial charge in [0, 0.05) is 11.6 Å². The number of hydrogen-bond donors (Lipinski definition) is 1. The minimum absolute atomic E-state index is 0.0948. The van der Waals surface area contributed by atoms with E-state index < -0.39 is 0 Å². The number of thiazole rings is 1. The second-order valence-corrected chi connectivity index (χ2v) is 3.97. The van der Waals surface area contributed by atoms with Crippen LogP contribution in [0.15, 0.2) is 34.4 Å². The van der Waals surface area contributed by atoms with E-state index in [-0.39, 0.29) is 11.9 Å². The minimum Gasteiger partial charge on any atom is -0.459 e. The Morgan fingerprint density at radius 2 is 2.53 bits per heavy atom. The first-order chi connectivity index (χ1) is 7.27. The maximum absolute atomic E-state index is 11.6. The van der Waals surface area contributed by atoms with Gasteiger partial charge < -0.3 is 9.73 Å². The van der Waals surface area contributed by atoms with Crippen molar-refractivity contribution in [2.75, 3.05) is 0 Å². The summed E-state index contributed by atoms with van der Waals surface area (Å²) >= 11 is 1.51. The first-order valence-corrected chi connectivity index (χ1v) is 5.39. The van der Waals surface area contributed by atoms with E-state index in [9.17, 15) is 4.79 Å². The average Bonchev–Trinajstić information content (AvgIpc) is 2.91. The highest BCUT2D eigenvalue weighted by Gasteiger charge is 2.14. The number of carbonyl (C=O) groups excluding carboxylic acids is 1. The quantitative estimate of drug-likeness (QED) is 0.866. The molecule has 4 nitrogen and oxygen atoms in total. The molecular weight excluding hydrogens is 212 g/mol. The second kappa shape index (κ2) is 4.27. The smallest absolute Gasteiger partial charge is 0.287 e. The van der Waals surface area contributed by atoms with E-state index in [1.165, 1.54) is 17.6 Å². The Bertz CT molecular complexity index is 422. The van der Waals surface area contributed by atoms with Crippen molar-refractivity contribution in [2.45, 2.75) is 13.0 Å². The molecule has 1 N–H and O–H groups in total. The summed E-state index contributed by atoms with van der Waals surface area (Å²) in [6, 6.07) is 3.22. The first-order valence-electron chi connectivity index (χ1n) is 4.51. The van der Waals surface area contributed by atoms with Gasteiger partial charge in [0.1, 0.15) is 5.01 Å². The zero-order valence-electron chi connectivity index (χ0n) is 8.14. The number of aromatic nitrogens is 1. The van der Waals surface area contributed by atoms with Crippen LogP contribution in [-0.4, -0.2) is 10.9 Å². The number of hydrogen-bond acceptors (Lipinski definition) is 4. The van der Waals surface area contributed by atoms with Gasteiger partial charge in [0.15, 0.2) is 5.76 Å². The molecule has 2 rings (SSSR count). The predicted octanol–water partition coefficient (Wildman–Crippen LogP) is 2.23. The maximum atomic E-state index is 11.6. The Morgan fingerprint density at radius 1 is 1.67 bits per heavy atom. The van der Waals surface area contributed by atoms with Crippen molar-refractivity contribution in [3.05, 3.63) is 40.7 Å². The number of nitrogens with zero attached hydrogens (tertiary/aromatic N) is 1. The van der Waals surface area contributed by atoms with Gasteiger partial charge in [-0.3, -0.25) is 4.79 Å². The molecule has 0 aliphatic rings. The Balaban J connectivity index is 2.01. The normalized spacial score (nSPS) is 12.3. The Morgan fingerprint density at radius 3 is 3.13 bits per heavy atom. The van der Waals surface area contributed by atoms with Crippen LogP contribution >= 0.6 is 11.3 Å². The van der Waals surface area contributed by atoms with E-state index in [1.54, 1.807) is 18.3 Å². The van der Waals surface area contributed by atoms with Crippen LogP contribution in [0.1, 0.15) is 28.5 Å². The molecule has 15 heavy (non-hydrogen) atoms. The van der Waals surface area contributed by atoms with Gasteiger partial charge in [0.2, 0.25) is 0 Å². The van der Waals surface area contributed by atoms with E-state index >= 15 is 0 Å². The third kappa shape index (κ3) is 2.24. The summed E-state index contributed by atoms with van der Waals surface area (Å²) in [7, 11) is 0. The van der Waals surface area contributed by atoms with E-state index in [0.717, 1.165) is 5.01 Å². The monoisotopic (exact) mass is 222 g/mol. The molecule has 78 valence electrons. The lowest BCUT2D eigenvalue weighted by Gasteiger charge is -2.09. The highest BCUT2D eigenvalue weighted by molar-refractivity contribution is 7.09. The first kappa shape index (κ1) is 9.92. The van der Waals surface area contributed by atoms with Crippen LogP contribution in [0.5, 0.6) is 0 Å². The van der Waals surface area contributed by atoms with Gasteiger partial charge in [-0.1, -0.05) is 0 Å². The second-order valence-electron chi connectivity index (χ2n) is 3.04. The largest absolute Gasteiger partial charge is 0.459 e. The van der Waals surface area contributed by atoms with Crippen LogP contribution in [0.2, 0.25) is 0 Å². The van der Waals surface area contributed by atoms with Crippen molar-refractivity contribution in [3.63, 3.8) is 0 Å². The number of carbonyl (C=O) groups is 1. The summed E-state index contributed by atoms with van der Waals surface area (Å²) in [6.45, 7) is 1.89. The maximum Gasteiger partial charge on any atom is 0.287 e. The third-order valence-corrected chi connectivity index (χ3v) is 2.87. The topological polar surface area (TPSA) is 55.1 Å². The summed E-state index contributed by atoms with van der Waals surface area (Å²) in [5.74, 6) is 0.0982. The molecule has 0 saturated heterocycles. The van der Waals surface area contributed by atoms with Crippen molar-refractivity contribution >= 4 is 17.2 Å². The number of amides is 1. The van der Waals surface area contributed by atoms with Crippen molar-refractivity contribution in [3.8, 4) is 0 Å². The molecule has 0 aromatic carbocycles. The molecule has 2 aromatic heterocycles. The molecule has 0 saturated carbocycles. The summed E-state index contributed by atoms with van der Waals surface area (Å²) < 4.78 is 4.98. The van der Waals surface area contributed by atoms with Gasteiger partial charge >= 0.3 is 0 Å². The lowest BCUT2D eigenvalue weighted by molar-refractivity contribution is 0.0912. The molecule has 5 heteroatoms. The number of nitrogens with one attached hydrogen (secondary N) is 1. The highest BCUT2D eigenvalue weighted by atomic mass is 32.1. The summed E-state index contributed by atoms with van der Waals surface area (Å²) in [5, 5.41) is 5.56. The van der Waals surface area contributed by atoms with Crippen molar-refractivity contribution in [2.24, 2.45) is 0 Å². The van der Waals surface area contributed by atoms with E-state index in [0.29, 0.717) is 5.76 Å². The minimum atomic E-state index is -0.220. The average molecular weight is 222 g/mol. The van der Waals surface area contributed by atoms with Crippen LogP contribution in [0.3, 0.4) is 0 Å². The number of rotatable bonds is 3. The van der Waals surface area contributed by atoms with Gasteiger partial charge in [-0.05, 0) is 19.1 Å². The van der Waals surface area contributed by atoms with Gasteiger partial charge in [-0.15, -0.1) is 11.3 Å². The third-order valence-electron chi connectivity index (χ3n) is 1.91. The fraction of sp³-hybridized carbons (Fsp3) is 0.200. The molecule has 1 unspecified atom stereocenters. The predicted molar refractivity (Wildman–Crippen MR) is 56.7 cm³/mol. The van der Waals surface area contributed by atoms with Crippen LogP contribution in [0.25, 0.3) is 0 Å². The zero-order chi connectivity index (χ0) is 10.7. The molecule has 0 aliphatic heterocycles. The van der Waals surface area contributed by atoms with Crippen molar-refractivity contribution < 1.29 is 9.21 Å². The van der Waals surface area contributed by atoms with Gasteiger partial charge in [0.05, 0.1) is 12.3 Å². The molecule has 0 aliphatic carbocycles. The Hall–Kier alpha value is -1.62. The SMILES string of the molecule is CC(NC(=O)c1ccco1)c1nccs1. The molecule has 1 amide bonds. The van der Waals surface area contributed by atoms with Crippen LogP contribution < -0.4 is 5.32 Å². The van der Waals surface area contributed by atoms with Crippen molar-refractivity contribution in [1.29, 1.82) is 0 Å². The summed E-state index contributed by atoms with van der Waals surface area (Å²) in [6.07, 6.45) is 3.19. The molecule has 2 aromatic rings. The molecular formula is C10H10N2O2S. The van der Waals surface area contributed by atoms with Gasteiger partial charge in [-0.25, -0.2) is 4.98 Å². The van der Waals surface area contributed by atoms with Crippen LogP contribution in [0, 0.1) is 0 Å². The van der Waals surface area contributed by atoms with Crippen molar-refractivity contribution in [1.82, 2.24) is 10.3 Å².